The molecule has 1 aromatic rings. The van der Waals surface area contributed by atoms with Crippen LogP contribution in [0.25, 0.3) is 0 Å². The number of nitrogens with zero attached hydrogens (tertiary/aromatic N) is 1. The molecule has 5 heteroatoms. The van der Waals surface area contributed by atoms with Crippen molar-refractivity contribution in [1.29, 1.82) is 0 Å². The first-order valence-electron chi connectivity index (χ1n) is 6.30. The molecule has 2 atom stereocenters. The van der Waals surface area contributed by atoms with Crippen molar-refractivity contribution in [2.75, 3.05) is 0 Å². The molecule has 0 radical (unpaired) electrons. The lowest BCUT2D eigenvalue weighted by atomic mass is 9.92. The number of aliphatic hydroxyl groups is 1. The molecular formula is C13H18N2O3. The third-order valence-electron chi connectivity index (χ3n) is 3.29. The first kappa shape index (κ1) is 12.8. The molecule has 1 fully saturated rings. The highest BCUT2D eigenvalue weighted by Crippen LogP contribution is 2.18. The molecule has 1 aliphatic carbocycles. The minimum Gasteiger partial charge on any atom is -0.391 e. The van der Waals surface area contributed by atoms with E-state index in [1.54, 1.807) is 18.3 Å². The van der Waals surface area contributed by atoms with Gasteiger partial charge in [-0.05, 0) is 18.9 Å². The van der Waals surface area contributed by atoms with Gasteiger partial charge in [0.05, 0.1) is 12.1 Å². The summed E-state index contributed by atoms with van der Waals surface area (Å²) in [5.41, 5.74) is -0.197. The van der Waals surface area contributed by atoms with Crippen molar-refractivity contribution in [3.8, 4) is 0 Å². The summed E-state index contributed by atoms with van der Waals surface area (Å²) >= 11 is 0. The van der Waals surface area contributed by atoms with Gasteiger partial charge in [0.15, 0.2) is 0 Å². The molecule has 1 heterocycles. The zero-order chi connectivity index (χ0) is 13.0. The number of rotatable bonds is 3. The van der Waals surface area contributed by atoms with Crippen LogP contribution in [0.15, 0.2) is 29.2 Å². The zero-order valence-electron chi connectivity index (χ0n) is 10.2. The number of hydrogen-bond donors (Lipinski definition) is 2. The molecule has 0 spiro atoms. The largest absolute Gasteiger partial charge is 0.391 e. The van der Waals surface area contributed by atoms with E-state index in [4.69, 9.17) is 0 Å². The van der Waals surface area contributed by atoms with Crippen molar-refractivity contribution in [3.05, 3.63) is 34.7 Å². The topological polar surface area (TPSA) is 71.3 Å². The van der Waals surface area contributed by atoms with Crippen molar-refractivity contribution >= 4 is 5.91 Å². The molecule has 0 saturated heterocycles. The average Bonchev–Trinajstić information content (AvgIpc) is 2.35. The van der Waals surface area contributed by atoms with Crippen molar-refractivity contribution in [2.45, 2.75) is 44.4 Å². The first-order valence-corrected chi connectivity index (χ1v) is 6.30. The van der Waals surface area contributed by atoms with E-state index in [9.17, 15) is 14.7 Å². The number of amides is 1. The van der Waals surface area contributed by atoms with Crippen molar-refractivity contribution in [1.82, 2.24) is 9.88 Å². The van der Waals surface area contributed by atoms with Gasteiger partial charge in [0.25, 0.3) is 5.56 Å². The van der Waals surface area contributed by atoms with Crippen LogP contribution in [0.2, 0.25) is 0 Å². The second kappa shape index (κ2) is 5.82. The Bertz CT molecular complexity index is 469. The van der Waals surface area contributed by atoms with Gasteiger partial charge < -0.3 is 15.0 Å². The fourth-order valence-electron chi connectivity index (χ4n) is 2.28. The number of carbonyl (C=O) groups is 1. The maximum atomic E-state index is 11.8. The Kier molecular flexibility index (Phi) is 4.15. The summed E-state index contributed by atoms with van der Waals surface area (Å²) in [6, 6.07) is 4.60. The fraction of sp³-hybridized carbons (Fsp3) is 0.538. The summed E-state index contributed by atoms with van der Waals surface area (Å²) in [7, 11) is 0. The smallest absolute Gasteiger partial charge is 0.250 e. The predicted octanol–water partition coefficient (Wildman–Crippen LogP) is 0.268. The van der Waals surface area contributed by atoms with E-state index in [0.717, 1.165) is 25.7 Å². The van der Waals surface area contributed by atoms with Crippen molar-refractivity contribution in [2.24, 2.45) is 0 Å². The summed E-state index contributed by atoms with van der Waals surface area (Å²) < 4.78 is 1.35. The van der Waals surface area contributed by atoms with Crippen LogP contribution in [0.3, 0.4) is 0 Å². The van der Waals surface area contributed by atoms with Gasteiger partial charge in [0.1, 0.15) is 6.54 Å². The van der Waals surface area contributed by atoms with Gasteiger partial charge >= 0.3 is 0 Å². The molecule has 2 N–H and O–H groups in total. The fourth-order valence-corrected chi connectivity index (χ4v) is 2.28. The summed E-state index contributed by atoms with van der Waals surface area (Å²) in [6.07, 6.45) is 4.68. The molecular weight excluding hydrogens is 232 g/mol. The number of aromatic nitrogens is 1. The van der Waals surface area contributed by atoms with E-state index >= 15 is 0 Å². The summed E-state index contributed by atoms with van der Waals surface area (Å²) in [6.45, 7) is 0.00287. The molecule has 1 aliphatic rings. The Morgan fingerprint density at radius 1 is 1.39 bits per heavy atom. The standard InChI is InChI=1S/C13H18N2O3/c16-11-6-2-1-5-10(11)14-12(17)9-15-8-4-3-7-13(15)18/h3-4,7-8,10-11,16H,1-2,5-6,9H2,(H,14,17). The minimum absolute atomic E-state index is 0.00287. The molecule has 0 bridgehead atoms. The van der Waals surface area contributed by atoms with Crippen LogP contribution in [0.4, 0.5) is 0 Å². The minimum atomic E-state index is -0.463. The highest BCUT2D eigenvalue weighted by Gasteiger charge is 2.24. The van der Waals surface area contributed by atoms with Crippen LogP contribution in [0, 0.1) is 0 Å². The third kappa shape index (κ3) is 3.20. The van der Waals surface area contributed by atoms with Crippen molar-refractivity contribution < 1.29 is 9.90 Å². The molecule has 18 heavy (non-hydrogen) atoms. The molecule has 5 nitrogen and oxygen atoms in total. The zero-order valence-corrected chi connectivity index (χ0v) is 10.2. The van der Waals surface area contributed by atoms with Crippen LogP contribution < -0.4 is 10.9 Å². The Hall–Kier alpha value is -1.62. The maximum Gasteiger partial charge on any atom is 0.250 e. The SMILES string of the molecule is O=C(Cn1ccccc1=O)NC1CCCCC1O. The Morgan fingerprint density at radius 2 is 2.17 bits per heavy atom. The van der Waals surface area contributed by atoms with Gasteiger partial charge in [-0.2, -0.15) is 0 Å². The highest BCUT2D eigenvalue weighted by atomic mass is 16.3. The van der Waals surface area contributed by atoms with Crippen LogP contribution in [-0.4, -0.2) is 27.7 Å². The molecule has 2 rings (SSSR count). The van der Waals surface area contributed by atoms with Gasteiger partial charge in [0, 0.05) is 12.3 Å². The molecule has 2 unspecified atom stereocenters. The second-order valence-corrected chi connectivity index (χ2v) is 4.69. The number of nitrogens with one attached hydrogen (secondary N) is 1. The van der Waals surface area contributed by atoms with E-state index in [1.165, 1.54) is 10.6 Å². The molecule has 1 aromatic heterocycles. The lowest BCUT2D eigenvalue weighted by Crippen LogP contribution is -2.46. The van der Waals surface area contributed by atoms with Crippen molar-refractivity contribution in [3.63, 3.8) is 0 Å². The van der Waals surface area contributed by atoms with Gasteiger partial charge in [-0.25, -0.2) is 0 Å². The van der Waals surface area contributed by atoms with Gasteiger partial charge in [-0.3, -0.25) is 9.59 Å². The third-order valence-corrected chi connectivity index (χ3v) is 3.29. The van der Waals surface area contributed by atoms with Gasteiger partial charge in [0.2, 0.25) is 5.91 Å². The van der Waals surface area contributed by atoms with E-state index in [1.807, 2.05) is 0 Å². The van der Waals surface area contributed by atoms with Gasteiger partial charge in [-0.1, -0.05) is 18.9 Å². The second-order valence-electron chi connectivity index (χ2n) is 4.69. The molecule has 0 aromatic carbocycles. The Balaban J connectivity index is 1.92. The molecule has 1 amide bonds. The molecule has 0 aliphatic heterocycles. The Labute approximate surface area is 105 Å². The lowest BCUT2D eigenvalue weighted by Gasteiger charge is -2.28. The van der Waals surface area contributed by atoms with E-state index in [2.05, 4.69) is 5.32 Å². The van der Waals surface area contributed by atoms with Crippen LogP contribution in [0.1, 0.15) is 25.7 Å². The van der Waals surface area contributed by atoms with Gasteiger partial charge in [-0.15, -0.1) is 0 Å². The van der Waals surface area contributed by atoms with E-state index in [-0.39, 0.29) is 24.1 Å². The van der Waals surface area contributed by atoms with Crippen LogP contribution in [-0.2, 0) is 11.3 Å². The number of carbonyl (C=O) groups excluding carboxylic acids is 1. The van der Waals surface area contributed by atoms with E-state index in [0.29, 0.717) is 0 Å². The molecule has 1 saturated carbocycles. The molecule has 98 valence electrons. The average molecular weight is 250 g/mol. The van der Waals surface area contributed by atoms with Crippen LogP contribution in [0.5, 0.6) is 0 Å². The number of pyridine rings is 1. The number of aliphatic hydroxyl groups excluding tert-OH is 1. The predicted molar refractivity (Wildman–Crippen MR) is 67.1 cm³/mol. The van der Waals surface area contributed by atoms with E-state index < -0.39 is 6.10 Å². The summed E-state index contributed by atoms with van der Waals surface area (Å²) in [5.74, 6) is -0.228. The lowest BCUT2D eigenvalue weighted by molar-refractivity contribution is -0.123. The Morgan fingerprint density at radius 3 is 2.89 bits per heavy atom. The highest BCUT2D eigenvalue weighted by molar-refractivity contribution is 5.76. The van der Waals surface area contributed by atoms with Crippen LogP contribution >= 0.6 is 0 Å². The normalized spacial score (nSPS) is 23.6. The monoisotopic (exact) mass is 250 g/mol. The first-order chi connectivity index (χ1) is 8.66. The summed E-state index contributed by atoms with van der Waals surface area (Å²) in [4.78, 5) is 23.2. The quantitative estimate of drug-likeness (QED) is 0.808. The summed E-state index contributed by atoms with van der Waals surface area (Å²) in [5, 5.41) is 12.6. The number of hydrogen-bond acceptors (Lipinski definition) is 3. The maximum absolute atomic E-state index is 11.8.